The zero-order chi connectivity index (χ0) is 18.1. The Morgan fingerprint density at radius 2 is 1.89 bits per heavy atom. The fraction of sp³-hybridized carbons (Fsp3) is 0.632. The number of hydrogen-bond acceptors (Lipinski definition) is 6. The molecule has 0 unspecified atom stereocenters. The highest BCUT2D eigenvalue weighted by Crippen LogP contribution is 2.35. The normalized spacial score (nSPS) is 19.1. The van der Waals surface area contributed by atoms with Gasteiger partial charge in [0, 0.05) is 29.9 Å². The number of thiophene rings is 1. The Labute approximate surface area is 170 Å². The van der Waals surface area contributed by atoms with Crippen molar-refractivity contribution in [3.8, 4) is 0 Å². The molecule has 1 amide bonds. The average molecular weight is 410 g/mol. The van der Waals surface area contributed by atoms with Crippen LogP contribution in [0.15, 0.2) is 6.33 Å². The number of piperidine rings is 2. The first-order chi connectivity index (χ1) is 12.6. The molecule has 0 bridgehead atoms. The summed E-state index contributed by atoms with van der Waals surface area (Å²) in [6.07, 6.45) is 5.54. The summed E-state index contributed by atoms with van der Waals surface area (Å²) in [5, 5.41) is 7.79. The molecular formula is C19H28ClN5OS. The Hall–Kier alpha value is -1.44. The van der Waals surface area contributed by atoms with Gasteiger partial charge in [-0.1, -0.05) is 0 Å². The quantitative estimate of drug-likeness (QED) is 0.815. The number of anilines is 1. The minimum absolute atomic E-state index is 0. The number of nitrogens with zero attached hydrogens (tertiary/aromatic N) is 3. The van der Waals surface area contributed by atoms with Crippen molar-refractivity contribution < 1.29 is 4.79 Å². The summed E-state index contributed by atoms with van der Waals surface area (Å²) in [6, 6.07) is 0.347. The molecule has 0 aliphatic carbocycles. The van der Waals surface area contributed by atoms with Crippen molar-refractivity contribution in [3.63, 3.8) is 0 Å². The van der Waals surface area contributed by atoms with Crippen LogP contribution >= 0.6 is 23.7 Å². The van der Waals surface area contributed by atoms with Crippen LogP contribution in [0.2, 0.25) is 0 Å². The van der Waals surface area contributed by atoms with Gasteiger partial charge in [-0.15, -0.1) is 23.7 Å². The molecule has 0 spiro atoms. The first-order valence-corrected chi connectivity index (χ1v) is 10.4. The SMILES string of the molecule is Cc1sc2ncnc(N3CCC(C(=O)NC4CCNCC4)CC3)c2c1C.Cl. The number of nitrogens with one attached hydrogen (secondary N) is 2. The molecule has 27 heavy (non-hydrogen) atoms. The Morgan fingerprint density at radius 1 is 1.19 bits per heavy atom. The number of rotatable bonds is 3. The Kier molecular flexibility index (Phi) is 6.55. The van der Waals surface area contributed by atoms with Gasteiger partial charge in [0.25, 0.3) is 0 Å². The molecule has 2 fully saturated rings. The van der Waals surface area contributed by atoms with Crippen molar-refractivity contribution in [1.29, 1.82) is 0 Å². The maximum Gasteiger partial charge on any atom is 0.223 e. The fourth-order valence-electron chi connectivity index (χ4n) is 4.04. The van der Waals surface area contributed by atoms with Gasteiger partial charge in [0.15, 0.2) is 0 Å². The van der Waals surface area contributed by atoms with Crippen LogP contribution in [0, 0.1) is 19.8 Å². The van der Waals surface area contributed by atoms with Crippen molar-refractivity contribution in [3.05, 3.63) is 16.8 Å². The highest BCUT2D eigenvalue weighted by Gasteiger charge is 2.28. The molecule has 4 heterocycles. The Balaban J connectivity index is 0.00000210. The number of carbonyl (C=O) groups excluding carboxylic acids is 1. The molecule has 6 nitrogen and oxygen atoms in total. The van der Waals surface area contributed by atoms with Crippen LogP contribution in [0.1, 0.15) is 36.1 Å². The molecular weight excluding hydrogens is 382 g/mol. The van der Waals surface area contributed by atoms with E-state index in [0.717, 1.165) is 62.5 Å². The second-order valence-electron chi connectivity index (χ2n) is 7.45. The number of carbonyl (C=O) groups is 1. The van der Waals surface area contributed by atoms with Crippen molar-refractivity contribution in [1.82, 2.24) is 20.6 Å². The monoisotopic (exact) mass is 409 g/mol. The maximum absolute atomic E-state index is 12.6. The third-order valence-electron chi connectivity index (χ3n) is 5.80. The average Bonchev–Trinajstić information content (AvgIpc) is 2.97. The minimum atomic E-state index is 0. The van der Waals surface area contributed by atoms with Gasteiger partial charge in [0.1, 0.15) is 17.0 Å². The Bertz CT molecular complexity index is 797. The van der Waals surface area contributed by atoms with Crippen LogP contribution in [0.25, 0.3) is 10.2 Å². The number of hydrogen-bond donors (Lipinski definition) is 2. The van der Waals surface area contributed by atoms with Crippen LogP contribution in [0.3, 0.4) is 0 Å². The van der Waals surface area contributed by atoms with Gasteiger partial charge in [-0.25, -0.2) is 9.97 Å². The zero-order valence-corrected chi connectivity index (χ0v) is 17.6. The van der Waals surface area contributed by atoms with Gasteiger partial charge in [-0.05, 0) is 58.2 Å². The van der Waals surface area contributed by atoms with Gasteiger partial charge in [0.2, 0.25) is 5.91 Å². The standard InChI is InChI=1S/C19H27N5OS.ClH/c1-12-13(2)26-19-16(12)17(21-11-22-19)24-9-5-14(6-10-24)18(25)23-15-3-7-20-8-4-15;/h11,14-15,20H,3-10H2,1-2H3,(H,23,25);1H. The minimum Gasteiger partial charge on any atom is -0.356 e. The third kappa shape index (κ3) is 4.20. The first kappa shape index (κ1) is 20.3. The molecule has 2 aliphatic rings. The fourth-order valence-corrected chi connectivity index (χ4v) is 5.03. The van der Waals surface area contributed by atoms with Gasteiger partial charge in [-0.3, -0.25) is 4.79 Å². The van der Waals surface area contributed by atoms with E-state index < -0.39 is 0 Å². The summed E-state index contributed by atoms with van der Waals surface area (Å²) < 4.78 is 0. The van der Waals surface area contributed by atoms with Crippen molar-refractivity contribution >= 4 is 45.7 Å². The van der Waals surface area contributed by atoms with Crippen LogP contribution < -0.4 is 15.5 Å². The largest absolute Gasteiger partial charge is 0.356 e. The summed E-state index contributed by atoms with van der Waals surface area (Å²) >= 11 is 1.73. The predicted octanol–water partition coefficient (Wildman–Crippen LogP) is 2.81. The number of aromatic nitrogens is 2. The summed E-state index contributed by atoms with van der Waals surface area (Å²) in [7, 11) is 0. The summed E-state index contributed by atoms with van der Waals surface area (Å²) in [5.74, 6) is 1.41. The number of aryl methyl sites for hydroxylation is 2. The van der Waals surface area contributed by atoms with Gasteiger partial charge < -0.3 is 15.5 Å². The molecule has 0 radical (unpaired) electrons. The molecule has 0 atom stereocenters. The van der Waals surface area contributed by atoms with E-state index in [4.69, 9.17) is 0 Å². The van der Waals surface area contributed by atoms with E-state index in [0.29, 0.717) is 6.04 Å². The second kappa shape index (κ2) is 8.71. The summed E-state index contributed by atoms with van der Waals surface area (Å²) in [5.41, 5.74) is 1.28. The van der Waals surface area contributed by atoms with E-state index in [2.05, 4.69) is 39.3 Å². The molecule has 2 aromatic heterocycles. The molecule has 2 N–H and O–H groups in total. The highest BCUT2D eigenvalue weighted by molar-refractivity contribution is 7.18. The first-order valence-electron chi connectivity index (χ1n) is 9.60. The Morgan fingerprint density at radius 3 is 2.59 bits per heavy atom. The molecule has 4 rings (SSSR count). The van der Waals surface area contributed by atoms with Gasteiger partial charge >= 0.3 is 0 Å². The van der Waals surface area contributed by atoms with Gasteiger partial charge in [0.05, 0.1) is 5.39 Å². The second-order valence-corrected chi connectivity index (χ2v) is 8.66. The smallest absolute Gasteiger partial charge is 0.223 e. The third-order valence-corrected chi connectivity index (χ3v) is 6.91. The van der Waals surface area contributed by atoms with Crippen molar-refractivity contribution in [2.75, 3.05) is 31.1 Å². The number of fused-ring (bicyclic) bond motifs is 1. The number of amides is 1. The topological polar surface area (TPSA) is 70.2 Å². The predicted molar refractivity (Wildman–Crippen MR) is 113 cm³/mol. The van der Waals surface area contributed by atoms with Crippen LogP contribution in [-0.4, -0.2) is 48.1 Å². The zero-order valence-electron chi connectivity index (χ0n) is 16.0. The van der Waals surface area contributed by atoms with E-state index >= 15 is 0 Å². The van der Waals surface area contributed by atoms with Crippen molar-refractivity contribution in [2.24, 2.45) is 5.92 Å². The van der Waals surface area contributed by atoms with Crippen LogP contribution in [0.5, 0.6) is 0 Å². The van der Waals surface area contributed by atoms with E-state index in [1.165, 1.54) is 15.8 Å². The molecule has 2 aliphatic heterocycles. The molecule has 2 saturated heterocycles. The lowest BCUT2D eigenvalue weighted by atomic mass is 9.94. The molecule has 0 aromatic carbocycles. The van der Waals surface area contributed by atoms with E-state index in [1.54, 1.807) is 17.7 Å². The van der Waals surface area contributed by atoms with E-state index in [1.807, 2.05) is 0 Å². The summed E-state index contributed by atoms with van der Waals surface area (Å²) in [6.45, 7) is 8.07. The molecule has 2 aromatic rings. The lowest BCUT2D eigenvalue weighted by Gasteiger charge is -2.33. The highest BCUT2D eigenvalue weighted by atomic mass is 35.5. The number of halogens is 1. The molecule has 148 valence electrons. The van der Waals surface area contributed by atoms with Crippen LogP contribution in [-0.2, 0) is 4.79 Å². The summed E-state index contributed by atoms with van der Waals surface area (Å²) in [4.78, 5) is 26.3. The van der Waals surface area contributed by atoms with Gasteiger partial charge in [-0.2, -0.15) is 0 Å². The molecule has 8 heteroatoms. The lowest BCUT2D eigenvalue weighted by molar-refractivity contribution is -0.126. The maximum atomic E-state index is 12.6. The van der Waals surface area contributed by atoms with E-state index in [-0.39, 0.29) is 24.2 Å². The molecule has 0 saturated carbocycles. The van der Waals surface area contributed by atoms with Crippen LogP contribution in [0.4, 0.5) is 5.82 Å². The van der Waals surface area contributed by atoms with E-state index in [9.17, 15) is 4.79 Å². The van der Waals surface area contributed by atoms with Crippen molar-refractivity contribution in [2.45, 2.75) is 45.6 Å². The lowest BCUT2D eigenvalue weighted by Crippen LogP contribution is -2.47.